The van der Waals surface area contributed by atoms with E-state index in [9.17, 15) is 0 Å². The zero-order chi connectivity index (χ0) is 12.7. The van der Waals surface area contributed by atoms with Gasteiger partial charge in [-0.15, -0.1) is 0 Å². The summed E-state index contributed by atoms with van der Waals surface area (Å²) in [6, 6.07) is 0. The average molecular weight is 299 g/mol. The van der Waals surface area contributed by atoms with E-state index in [4.69, 9.17) is 8.85 Å². The largest absolute Gasteiger partial charge is 0.423 e. The van der Waals surface area contributed by atoms with E-state index >= 15 is 0 Å². The van der Waals surface area contributed by atoms with E-state index in [0.717, 1.165) is 33.8 Å². The highest BCUT2D eigenvalue weighted by Gasteiger charge is 2.16. The van der Waals surface area contributed by atoms with Crippen molar-refractivity contribution in [2.24, 2.45) is 0 Å². The third-order valence-corrected chi connectivity index (χ3v) is 7.38. The summed E-state index contributed by atoms with van der Waals surface area (Å²) in [5.74, 6) is 2.34. The summed E-state index contributed by atoms with van der Waals surface area (Å²) in [4.78, 5) is 0. The summed E-state index contributed by atoms with van der Waals surface area (Å²) in [5.41, 5.74) is 0.161. The second-order valence-corrected chi connectivity index (χ2v) is 8.59. The summed E-state index contributed by atoms with van der Waals surface area (Å²) in [6.07, 6.45) is 2.27. The van der Waals surface area contributed by atoms with Gasteiger partial charge in [0.05, 0.1) is 11.2 Å². The van der Waals surface area contributed by atoms with Gasteiger partial charge >= 0.3 is 0 Å². The van der Waals surface area contributed by atoms with E-state index in [1.165, 1.54) is 11.5 Å². The minimum absolute atomic E-state index is 0.0805. The van der Waals surface area contributed by atoms with Gasteiger partial charge in [-0.05, 0) is 40.5 Å². The fraction of sp³-hybridized carbons (Fsp3) is 1.00. The maximum Gasteiger partial charge on any atom is 0.146 e. The van der Waals surface area contributed by atoms with Crippen molar-refractivity contribution in [1.82, 2.24) is 0 Å². The predicted octanol–water partition coefficient (Wildman–Crippen LogP) is 1.30. The highest BCUT2D eigenvalue weighted by atomic mass is 33.1. The summed E-state index contributed by atoms with van der Waals surface area (Å²) in [5, 5.41) is 0. The predicted molar refractivity (Wildman–Crippen MR) is 84.4 cm³/mol. The average Bonchev–Trinajstić information content (AvgIpc) is 2.23. The van der Waals surface area contributed by atoms with E-state index in [0.29, 0.717) is 0 Å². The van der Waals surface area contributed by atoms with Crippen molar-refractivity contribution < 1.29 is 8.85 Å². The fourth-order valence-corrected chi connectivity index (χ4v) is 3.90. The lowest BCUT2D eigenvalue weighted by atomic mass is 10.1. The summed E-state index contributed by atoms with van der Waals surface area (Å²) in [7, 11) is 5.57. The minimum atomic E-state index is 0.0805. The number of rotatable bonds is 9. The summed E-state index contributed by atoms with van der Waals surface area (Å²) >= 11 is 0. The first-order valence-corrected chi connectivity index (χ1v) is 9.80. The Bertz CT molecular complexity index is 170. The van der Waals surface area contributed by atoms with E-state index in [1.807, 2.05) is 21.6 Å². The molecule has 0 aromatic carbocycles. The molecule has 6 heteroatoms. The first kappa shape index (κ1) is 17.1. The Hall–Kier alpha value is 1.05. The minimum Gasteiger partial charge on any atom is -0.423 e. The maximum atomic E-state index is 5.52. The lowest BCUT2D eigenvalue weighted by Gasteiger charge is -2.24. The van der Waals surface area contributed by atoms with Gasteiger partial charge in [-0.25, -0.2) is 0 Å². The third-order valence-electron chi connectivity index (χ3n) is 2.76. The molecule has 0 aliphatic heterocycles. The van der Waals surface area contributed by atoms with Crippen molar-refractivity contribution in [2.45, 2.75) is 51.7 Å². The Kier molecular flexibility index (Phi) is 8.75. The van der Waals surface area contributed by atoms with Gasteiger partial charge in [0.2, 0.25) is 0 Å². The number of hydrogen-bond donors (Lipinski definition) is 0. The van der Waals surface area contributed by atoms with Crippen LogP contribution in [0.1, 0.15) is 40.5 Å². The zero-order valence-corrected chi connectivity index (χ0v) is 17.1. The quantitative estimate of drug-likeness (QED) is 0.363. The molecular weight excluding hydrogens is 272 g/mol. The van der Waals surface area contributed by atoms with Gasteiger partial charge in [0, 0.05) is 11.5 Å². The molecule has 0 saturated carbocycles. The van der Waals surface area contributed by atoms with Crippen LogP contribution in [0.4, 0.5) is 0 Å². The van der Waals surface area contributed by atoms with E-state index < -0.39 is 0 Å². The van der Waals surface area contributed by atoms with Gasteiger partial charge in [0.25, 0.3) is 0 Å². The summed E-state index contributed by atoms with van der Waals surface area (Å²) in [6.45, 7) is 8.68. The first-order valence-electron chi connectivity index (χ1n) is 5.68. The molecule has 2 nitrogen and oxygen atoms in total. The molecule has 0 aromatic heterocycles. The van der Waals surface area contributed by atoms with Crippen molar-refractivity contribution in [3.8, 4) is 0 Å². The van der Waals surface area contributed by atoms with Crippen molar-refractivity contribution in [3.63, 3.8) is 0 Å². The van der Waals surface area contributed by atoms with Crippen LogP contribution in [0, 0.1) is 0 Å². The van der Waals surface area contributed by atoms with E-state index in [-0.39, 0.29) is 11.2 Å². The Balaban J connectivity index is 3.42. The van der Waals surface area contributed by atoms with Crippen LogP contribution < -0.4 is 0 Å². The second kappa shape index (κ2) is 8.21. The molecule has 0 fully saturated rings. The Labute approximate surface area is 114 Å². The topological polar surface area (TPSA) is 18.5 Å². The zero-order valence-electron chi connectivity index (χ0n) is 11.5. The van der Waals surface area contributed by atoms with Crippen molar-refractivity contribution >= 4 is 42.6 Å². The van der Waals surface area contributed by atoms with Crippen LogP contribution in [-0.4, -0.2) is 43.7 Å². The molecule has 16 heavy (non-hydrogen) atoms. The molecule has 0 aromatic rings. The van der Waals surface area contributed by atoms with Crippen LogP contribution in [0.5, 0.6) is 0 Å². The Morgan fingerprint density at radius 3 is 1.38 bits per heavy atom. The third kappa shape index (κ3) is 9.12. The van der Waals surface area contributed by atoms with Gasteiger partial charge in [0.1, 0.15) is 21.0 Å². The Morgan fingerprint density at radius 1 is 0.812 bits per heavy atom. The smallest absolute Gasteiger partial charge is 0.146 e. The van der Waals surface area contributed by atoms with Crippen LogP contribution in [0.15, 0.2) is 0 Å². The second-order valence-electron chi connectivity index (χ2n) is 5.07. The van der Waals surface area contributed by atoms with Gasteiger partial charge in [-0.3, -0.25) is 0 Å². The molecule has 0 aliphatic rings. The standard InChI is InChI=1S/C10H26O2S2Si2/c1-9(2,11-15)5-7-13-14-8-6-10(3,4)12-16/h5-8H2,1-4,15-16H3. The lowest BCUT2D eigenvalue weighted by Crippen LogP contribution is -2.24. The molecule has 0 amide bonds. The highest BCUT2D eigenvalue weighted by Crippen LogP contribution is 2.28. The lowest BCUT2D eigenvalue weighted by molar-refractivity contribution is 0.120. The van der Waals surface area contributed by atoms with Crippen molar-refractivity contribution in [2.75, 3.05) is 11.5 Å². The van der Waals surface area contributed by atoms with E-state index in [1.54, 1.807) is 0 Å². The maximum absolute atomic E-state index is 5.52. The van der Waals surface area contributed by atoms with Crippen LogP contribution in [0.2, 0.25) is 0 Å². The van der Waals surface area contributed by atoms with Crippen LogP contribution in [-0.2, 0) is 8.85 Å². The molecule has 0 saturated heterocycles. The summed E-state index contributed by atoms with van der Waals surface area (Å²) < 4.78 is 11.0. The fourth-order valence-electron chi connectivity index (χ4n) is 0.897. The Morgan fingerprint density at radius 2 is 1.12 bits per heavy atom. The molecule has 0 atom stereocenters. The number of hydrogen-bond acceptors (Lipinski definition) is 4. The molecule has 0 unspecified atom stereocenters. The first-order chi connectivity index (χ1) is 7.33. The van der Waals surface area contributed by atoms with Gasteiger partial charge < -0.3 is 8.85 Å². The highest BCUT2D eigenvalue weighted by molar-refractivity contribution is 8.76. The molecule has 98 valence electrons. The normalized spacial score (nSPS) is 13.5. The molecule has 0 spiro atoms. The van der Waals surface area contributed by atoms with E-state index in [2.05, 4.69) is 27.7 Å². The molecular formula is C10H26O2S2Si2. The molecule has 0 bridgehead atoms. The molecule has 0 rings (SSSR count). The molecule has 0 aliphatic carbocycles. The van der Waals surface area contributed by atoms with Crippen molar-refractivity contribution in [3.05, 3.63) is 0 Å². The van der Waals surface area contributed by atoms with Gasteiger partial charge in [-0.2, -0.15) is 0 Å². The molecule has 0 N–H and O–H groups in total. The van der Waals surface area contributed by atoms with Crippen molar-refractivity contribution in [1.29, 1.82) is 0 Å². The van der Waals surface area contributed by atoms with Gasteiger partial charge in [-0.1, -0.05) is 21.6 Å². The van der Waals surface area contributed by atoms with Crippen LogP contribution in [0.3, 0.4) is 0 Å². The van der Waals surface area contributed by atoms with Crippen LogP contribution >= 0.6 is 21.6 Å². The monoisotopic (exact) mass is 298 g/mol. The molecule has 0 radical (unpaired) electrons. The van der Waals surface area contributed by atoms with Gasteiger partial charge in [0.15, 0.2) is 0 Å². The van der Waals surface area contributed by atoms with Crippen LogP contribution in [0.25, 0.3) is 0 Å². The SMILES string of the molecule is CC(C)(CCSSCCC(C)(C)O[SiH3])O[SiH3]. The molecule has 0 heterocycles.